The van der Waals surface area contributed by atoms with E-state index in [0.29, 0.717) is 23.5 Å². The second-order valence-corrected chi connectivity index (χ2v) is 8.35. The number of carbonyl (C=O) groups excluding carboxylic acids is 1. The molecule has 0 spiro atoms. The molecule has 1 amide bonds. The lowest BCUT2D eigenvalue weighted by atomic mass is 9.84. The third-order valence-corrected chi connectivity index (χ3v) is 6.14. The zero-order valence-electron chi connectivity index (χ0n) is 16.5. The number of carbonyl (C=O) groups is 1. The van der Waals surface area contributed by atoms with Crippen LogP contribution in [-0.4, -0.2) is 23.0 Å². The zero-order valence-corrected chi connectivity index (χ0v) is 16.5. The number of nitrogens with zero attached hydrogens (tertiary/aromatic N) is 1. The van der Waals surface area contributed by atoms with Gasteiger partial charge in [-0.1, -0.05) is 13.0 Å². The van der Waals surface area contributed by atoms with E-state index in [4.69, 9.17) is 10.5 Å². The minimum Gasteiger partial charge on any atom is -0.439 e. The molecule has 3 N–H and O–H groups in total. The molecule has 1 aromatic heterocycles. The number of amides is 1. The van der Waals surface area contributed by atoms with Gasteiger partial charge in [-0.15, -0.1) is 0 Å². The second-order valence-electron chi connectivity index (χ2n) is 8.35. The van der Waals surface area contributed by atoms with Gasteiger partial charge in [0.25, 0.3) is 0 Å². The quantitative estimate of drug-likeness (QED) is 0.823. The third-order valence-electron chi connectivity index (χ3n) is 6.14. The molecule has 1 heterocycles. The molecule has 0 saturated heterocycles. The summed E-state index contributed by atoms with van der Waals surface area (Å²) in [6.45, 7) is 2.37. The van der Waals surface area contributed by atoms with Crippen LogP contribution in [-0.2, 0) is 12.8 Å². The van der Waals surface area contributed by atoms with Crippen LogP contribution in [0.5, 0.6) is 11.6 Å². The summed E-state index contributed by atoms with van der Waals surface area (Å²) in [6.07, 6.45) is 10.1. The number of rotatable bonds is 5. The van der Waals surface area contributed by atoms with E-state index in [2.05, 4.69) is 29.4 Å². The second kappa shape index (κ2) is 8.31. The number of primary amides is 1. The maximum absolute atomic E-state index is 11.2. The molecular weight excluding hydrogens is 350 g/mol. The van der Waals surface area contributed by atoms with Gasteiger partial charge in [-0.05, 0) is 80.2 Å². The topological polar surface area (TPSA) is 77.2 Å². The Morgan fingerprint density at radius 3 is 2.61 bits per heavy atom. The molecule has 1 unspecified atom stereocenters. The summed E-state index contributed by atoms with van der Waals surface area (Å²) in [5, 5.41) is 3.91. The van der Waals surface area contributed by atoms with Crippen LogP contribution in [0, 0.1) is 5.92 Å². The minimum absolute atomic E-state index is 0.379. The molecule has 1 fully saturated rings. The molecule has 5 nitrogen and oxygen atoms in total. The Kier molecular flexibility index (Phi) is 5.62. The van der Waals surface area contributed by atoms with Gasteiger partial charge in [0.1, 0.15) is 5.75 Å². The average Bonchev–Trinajstić information content (AvgIpc) is 2.70. The fraction of sp³-hybridized carbons (Fsp3) is 0.478. The first-order valence-electron chi connectivity index (χ1n) is 10.4. The van der Waals surface area contributed by atoms with Crippen LogP contribution in [0.1, 0.15) is 60.5 Å². The van der Waals surface area contributed by atoms with E-state index in [1.54, 1.807) is 12.1 Å². The number of nitrogens with one attached hydrogen (secondary N) is 1. The molecule has 2 aromatic rings. The van der Waals surface area contributed by atoms with Gasteiger partial charge in [-0.2, -0.15) is 0 Å². The van der Waals surface area contributed by atoms with Crippen molar-refractivity contribution in [1.82, 2.24) is 10.3 Å². The molecule has 1 atom stereocenters. The number of ether oxygens (including phenoxy) is 1. The molecule has 148 valence electrons. The number of fused-ring (bicyclic) bond motifs is 1. The van der Waals surface area contributed by atoms with Crippen molar-refractivity contribution in [3.05, 3.63) is 53.2 Å². The zero-order chi connectivity index (χ0) is 19.5. The molecule has 28 heavy (non-hydrogen) atoms. The Balaban J connectivity index is 1.39. The summed E-state index contributed by atoms with van der Waals surface area (Å²) < 4.78 is 5.89. The summed E-state index contributed by atoms with van der Waals surface area (Å²) >= 11 is 0. The number of hydrogen-bond acceptors (Lipinski definition) is 4. The van der Waals surface area contributed by atoms with E-state index in [9.17, 15) is 4.79 Å². The molecule has 0 aliphatic heterocycles. The van der Waals surface area contributed by atoms with Crippen LogP contribution < -0.4 is 15.8 Å². The first kappa shape index (κ1) is 18.9. The highest BCUT2D eigenvalue weighted by Gasteiger charge is 2.24. The summed E-state index contributed by atoms with van der Waals surface area (Å²) in [6, 6.07) is 10.8. The normalized spacial score (nSPS) is 24.4. The highest BCUT2D eigenvalue weighted by atomic mass is 16.5. The van der Waals surface area contributed by atoms with Gasteiger partial charge in [-0.3, -0.25) is 4.79 Å². The van der Waals surface area contributed by atoms with Gasteiger partial charge in [0, 0.05) is 24.3 Å². The van der Waals surface area contributed by atoms with Crippen molar-refractivity contribution in [2.24, 2.45) is 11.7 Å². The standard InChI is InChI=1S/C23H29N3O2/c1-15-2-7-19(8-3-15)26-20-9-4-16-5-10-21(13-18(16)12-20)28-22-11-6-17(14-25-22)23(24)27/h5-6,10-11,13-15,19-20,26H,2-4,7-9,12H2,1H3,(H2,24,27). The van der Waals surface area contributed by atoms with Crippen molar-refractivity contribution >= 4 is 5.91 Å². The van der Waals surface area contributed by atoms with E-state index in [1.807, 2.05) is 6.07 Å². The van der Waals surface area contributed by atoms with E-state index in [1.165, 1.54) is 49.4 Å². The summed E-state index contributed by atoms with van der Waals surface area (Å²) in [4.78, 5) is 15.3. The molecule has 1 saturated carbocycles. The van der Waals surface area contributed by atoms with Gasteiger partial charge in [-0.25, -0.2) is 4.98 Å². The maximum atomic E-state index is 11.2. The van der Waals surface area contributed by atoms with E-state index >= 15 is 0 Å². The highest BCUT2D eigenvalue weighted by Crippen LogP contribution is 2.30. The number of aryl methyl sites for hydroxylation is 1. The van der Waals surface area contributed by atoms with Crippen LogP contribution in [0.15, 0.2) is 36.5 Å². The van der Waals surface area contributed by atoms with Gasteiger partial charge in [0.05, 0.1) is 5.56 Å². The predicted molar refractivity (Wildman–Crippen MR) is 110 cm³/mol. The highest BCUT2D eigenvalue weighted by molar-refractivity contribution is 5.92. The van der Waals surface area contributed by atoms with Gasteiger partial charge >= 0.3 is 0 Å². The van der Waals surface area contributed by atoms with Crippen LogP contribution in [0.25, 0.3) is 0 Å². The average molecular weight is 380 g/mol. The lowest BCUT2D eigenvalue weighted by molar-refractivity contribution is 0.1000. The van der Waals surface area contributed by atoms with Crippen LogP contribution in [0.2, 0.25) is 0 Å². The fourth-order valence-corrected chi connectivity index (χ4v) is 4.41. The van der Waals surface area contributed by atoms with Gasteiger partial charge in [0.15, 0.2) is 0 Å². The molecule has 5 heteroatoms. The monoisotopic (exact) mass is 379 g/mol. The number of hydrogen-bond donors (Lipinski definition) is 2. The summed E-state index contributed by atoms with van der Waals surface area (Å²) in [5.74, 6) is 1.64. The molecule has 4 rings (SSSR count). The molecular formula is C23H29N3O2. The Hall–Kier alpha value is -2.40. The molecule has 2 aliphatic rings. The van der Waals surface area contributed by atoms with Crippen LogP contribution >= 0.6 is 0 Å². The van der Waals surface area contributed by atoms with E-state index in [-0.39, 0.29) is 0 Å². The van der Waals surface area contributed by atoms with Gasteiger partial charge < -0.3 is 15.8 Å². The van der Waals surface area contributed by atoms with Crippen molar-refractivity contribution in [2.75, 3.05) is 0 Å². The van der Waals surface area contributed by atoms with Crippen LogP contribution in [0.3, 0.4) is 0 Å². The van der Waals surface area contributed by atoms with E-state index in [0.717, 1.165) is 24.5 Å². The summed E-state index contributed by atoms with van der Waals surface area (Å²) in [7, 11) is 0. The van der Waals surface area contributed by atoms with Gasteiger partial charge in [0.2, 0.25) is 11.8 Å². The fourth-order valence-electron chi connectivity index (χ4n) is 4.41. The lowest BCUT2D eigenvalue weighted by Crippen LogP contribution is -2.43. The Bertz CT molecular complexity index is 826. The van der Waals surface area contributed by atoms with Crippen molar-refractivity contribution in [3.63, 3.8) is 0 Å². The minimum atomic E-state index is -0.487. The summed E-state index contributed by atoms with van der Waals surface area (Å²) in [5.41, 5.74) is 8.41. The number of nitrogens with two attached hydrogens (primary N) is 1. The van der Waals surface area contributed by atoms with Crippen molar-refractivity contribution in [2.45, 2.75) is 64.0 Å². The number of benzene rings is 1. The van der Waals surface area contributed by atoms with Crippen molar-refractivity contribution < 1.29 is 9.53 Å². The predicted octanol–water partition coefficient (Wildman–Crippen LogP) is 4.00. The molecule has 0 radical (unpaired) electrons. The number of aromatic nitrogens is 1. The molecule has 1 aromatic carbocycles. The first-order chi connectivity index (χ1) is 13.6. The lowest BCUT2D eigenvalue weighted by Gasteiger charge is -2.33. The Morgan fingerprint density at radius 2 is 1.89 bits per heavy atom. The smallest absolute Gasteiger partial charge is 0.250 e. The molecule has 2 aliphatic carbocycles. The first-order valence-corrected chi connectivity index (χ1v) is 10.4. The largest absolute Gasteiger partial charge is 0.439 e. The maximum Gasteiger partial charge on any atom is 0.250 e. The molecule has 0 bridgehead atoms. The van der Waals surface area contributed by atoms with Crippen molar-refractivity contribution in [3.8, 4) is 11.6 Å². The van der Waals surface area contributed by atoms with E-state index < -0.39 is 5.91 Å². The number of pyridine rings is 1. The SMILES string of the molecule is CC1CCC(NC2CCc3ccc(Oc4ccc(C(N)=O)cn4)cc3C2)CC1. The van der Waals surface area contributed by atoms with Crippen molar-refractivity contribution in [1.29, 1.82) is 0 Å². The van der Waals surface area contributed by atoms with Crippen LogP contribution in [0.4, 0.5) is 0 Å². The Morgan fingerprint density at radius 1 is 1.07 bits per heavy atom. The Labute approximate surface area is 166 Å². The third kappa shape index (κ3) is 4.53.